The lowest BCUT2D eigenvalue weighted by Crippen LogP contribution is -2.61. The molecular weight excluding hydrogens is 298 g/mol. The minimum absolute atomic E-state index is 0.148. The molecule has 24 heavy (non-hydrogen) atoms. The maximum absolute atomic E-state index is 12.4. The van der Waals surface area contributed by atoms with Gasteiger partial charge in [-0.1, -0.05) is 30.3 Å². The van der Waals surface area contributed by atoms with Crippen molar-refractivity contribution in [2.45, 2.75) is 19.4 Å². The average Bonchev–Trinajstić information content (AvgIpc) is 2.62. The smallest absolute Gasteiger partial charge is 0.254 e. The van der Waals surface area contributed by atoms with E-state index in [1.807, 2.05) is 4.90 Å². The monoisotopic (exact) mass is 321 g/mol. The first-order valence-corrected chi connectivity index (χ1v) is 8.70. The summed E-state index contributed by atoms with van der Waals surface area (Å²) in [7, 11) is 0. The van der Waals surface area contributed by atoms with E-state index in [0.717, 1.165) is 38.3 Å². The van der Waals surface area contributed by atoms with Gasteiger partial charge >= 0.3 is 0 Å². The number of rotatable bonds is 3. The maximum atomic E-state index is 12.4. The molecule has 2 aromatic rings. The largest absolute Gasteiger partial charge is 0.337 e. The number of hydrogen-bond donors (Lipinski definition) is 0. The fourth-order valence-corrected chi connectivity index (χ4v) is 3.93. The van der Waals surface area contributed by atoms with Gasteiger partial charge in [0.05, 0.1) is 0 Å². The number of carbonyl (C=O) groups is 1. The third-order valence-corrected chi connectivity index (χ3v) is 5.43. The van der Waals surface area contributed by atoms with Crippen LogP contribution in [0.15, 0.2) is 54.9 Å². The van der Waals surface area contributed by atoms with Gasteiger partial charge in [-0.25, -0.2) is 0 Å². The molecule has 1 amide bonds. The predicted octanol–water partition coefficient (Wildman–Crippen LogP) is 2.82. The highest BCUT2D eigenvalue weighted by Gasteiger charge is 2.46. The molecule has 0 aliphatic carbocycles. The van der Waals surface area contributed by atoms with Gasteiger partial charge < -0.3 is 4.90 Å². The molecule has 3 heterocycles. The van der Waals surface area contributed by atoms with Crippen LogP contribution in [0.4, 0.5) is 0 Å². The molecule has 0 saturated carbocycles. The molecule has 0 unspecified atom stereocenters. The van der Waals surface area contributed by atoms with Crippen molar-refractivity contribution < 1.29 is 4.79 Å². The quantitative estimate of drug-likeness (QED) is 0.872. The number of amides is 1. The van der Waals surface area contributed by atoms with Gasteiger partial charge in [-0.2, -0.15) is 0 Å². The second-order valence-electron chi connectivity index (χ2n) is 7.16. The highest BCUT2D eigenvalue weighted by molar-refractivity contribution is 5.94. The number of pyridine rings is 1. The van der Waals surface area contributed by atoms with Crippen molar-refractivity contribution in [3.63, 3.8) is 0 Å². The Kier molecular flexibility index (Phi) is 4.07. The molecule has 2 fully saturated rings. The summed E-state index contributed by atoms with van der Waals surface area (Å²) >= 11 is 0. The van der Waals surface area contributed by atoms with Crippen molar-refractivity contribution >= 4 is 5.91 Å². The number of nitrogens with zero attached hydrogens (tertiary/aromatic N) is 3. The molecule has 4 nitrogen and oxygen atoms in total. The molecule has 1 aromatic carbocycles. The molecule has 0 bridgehead atoms. The van der Waals surface area contributed by atoms with Crippen LogP contribution in [0.3, 0.4) is 0 Å². The van der Waals surface area contributed by atoms with Crippen LogP contribution in [0.5, 0.6) is 0 Å². The molecule has 4 rings (SSSR count). The van der Waals surface area contributed by atoms with Crippen LogP contribution in [0.1, 0.15) is 28.8 Å². The topological polar surface area (TPSA) is 36.4 Å². The highest BCUT2D eigenvalue weighted by Crippen LogP contribution is 2.41. The normalized spacial score (nSPS) is 19.9. The number of piperidine rings is 1. The lowest BCUT2D eigenvalue weighted by molar-refractivity contribution is -0.0336. The van der Waals surface area contributed by atoms with E-state index in [-0.39, 0.29) is 5.91 Å². The van der Waals surface area contributed by atoms with Gasteiger partial charge in [0, 0.05) is 43.0 Å². The Bertz CT molecular complexity index is 685. The zero-order chi connectivity index (χ0) is 16.4. The van der Waals surface area contributed by atoms with Gasteiger partial charge in [-0.3, -0.25) is 14.7 Å². The lowest BCUT2D eigenvalue weighted by Gasteiger charge is -2.54. The van der Waals surface area contributed by atoms with Gasteiger partial charge in [0.15, 0.2) is 0 Å². The van der Waals surface area contributed by atoms with E-state index in [0.29, 0.717) is 5.41 Å². The number of hydrogen-bond acceptors (Lipinski definition) is 3. The van der Waals surface area contributed by atoms with Gasteiger partial charge in [-0.05, 0) is 43.6 Å². The summed E-state index contributed by atoms with van der Waals surface area (Å²) in [5.41, 5.74) is 2.49. The second kappa shape index (κ2) is 6.36. The van der Waals surface area contributed by atoms with Crippen LogP contribution < -0.4 is 0 Å². The second-order valence-corrected chi connectivity index (χ2v) is 7.16. The molecule has 1 spiro atoms. The summed E-state index contributed by atoms with van der Waals surface area (Å²) in [6.07, 6.45) is 5.76. The number of aromatic nitrogens is 1. The summed E-state index contributed by atoms with van der Waals surface area (Å²) in [5.74, 6) is 0.148. The first-order chi connectivity index (χ1) is 11.7. The number of benzene rings is 1. The Hall–Kier alpha value is -2.20. The van der Waals surface area contributed by atoms with E-state index in [1.54, 1.807) is 24.5 Å². The van der Waals surface area contributed by atoms with E-state index in [4.69, 9.17) is 0 Å². The average molecular weight is 321 g/mol. The minimum Gasteiger partial charge on any atom is -0.337 e. The van der Waals surface area contributed by atoms with E-state index >= 15 is 0 Å². The van der Waals surface area contributed by atoms with Crippen LogP contribution in [0, 0.1) is 5.41 Å². The Balaban J connectivity index is 1.29. The van der Waals surface area contributed by atoms with E-state index in [2.05, 4.69) is 40.2 Å². The molecule has 2 aliphatic heterocycles. The predicted molar refractivity (Wildman–Crippen MR) is 93.5 cm³/mol. The lowest BCUT2D eigenvalue weighted by atomic mass is 9.71. The minimum atomic E-state index is 0.148. The Morgan fingerprint density at radius 3 is 2.33 bits per heavy atom. The van der Waals surface area contributed by atoms with E-state index in [1.165, 1.54) is 18.4 Å². The van der Waals surface area contributed by atoms with Crippen molar-refractivity contribution in [3.8, 4) is 0 Å². The van der Waals surface area contributed by atoms with Crippen LogP contribution in [-0.4, -0.2) is 46.9 Å². The molecule has 0 N–H and O–H groups in total. The Morgan fingerprint density at radius 1 is 1.00 bits per heavy atom. The summed E-state index contributed by atoms with van der Waals surface area (Å²) in [5, 5.41) is 0. The number of carbonyl (C=O) groups excluding carboxylic acids is 1. The Labute approximate surface area is 143 Å². The van der Waals surface area contributed by atoms with Gasteiger partial charge in [0.2, 0.25) is 0 Å². The van der Waals surface area contributed by atoms with Gasteiger partial charge in [0.25, 0.3) is 5.91 Å². The van der Waals surface area contributed by atoms with Crippen molar-refractivity contribution in [3.05, 3.63) is 66.0 Å². The highest BCUT2D eigenvalue weighted by atomic mass is 16.2. The molecule has 0 atom stereocenters. The molecule has 4 heteroatoms. The summed E-state index contributed by atoms with van der Waals surface area (Å²) in [4.78, 5) is 21.0. The SMILES string of the molecule is O=C(c1ccncc1)N1CC2(CCN(Cc3ccccc3)CC2)C1. The van der Waals surface area contributed by atoms with E-state index < -0.39 is 0 Å². The van der Waals surface area contributed by atoms with Gasteiger partial charge in [-0.15, -0.1) is 0 Å². The zero-order valence-corrected chi connectivity index (χ0v) is 13.9. The fourth-order valence-electron chi connectivity index (χ4n) is 3.93. The van der Waals surface area contributed by atoms with Gasteiger partial charge in [0.1, 0.15) is 0 Å². The van der Waals surface area contributed by atoms with Crippen LogP contribution in [-0.2, 0) is 6.54 Å². The van der Waals surface area contributed by atoms with Crippen LogP contribution in [0.2, 0.25) is 0 Å². The molecule has 2 saturated heterocycles. The van der Waals surface area contributed by atoms with Crippen molar-refractivity contribution in [1.29, 1.82) is 0 Å². The number of likely N-dealkylation sites (tertiary alicyclic amines) is 2. The standard InChI is InChI=1S/C20H23N3O/c24-19(18-6-10-21-11-7-18)23-15-20(16-23)8-12-22(13-9-20)14-17-4-2-1-3-5-17/h1-7,10-11H,8-9,12-16H2. The summed E-state index contributed by atoms with van der Waals surface area (Å²) in [6.45, 7) is 5.12. The van der Waals surface area contributed by atoms with Crippen LogP contribution >= 0.6 is 0 Å². The third-order valence-electron chi connectivity index (χ3n) is 5.43. The molecule has 124 valence electrons. The fraction of sp³-hybridized carbons (Fsp3) is 0.400. The zero-order valence-electron chi connectivity index (χ0n) is 13.9. The molecule has 0 radical (unpaired) electrons. The van der Waals surface area contributed by atoms with Crippen LogP contribution in [0.25, 0.3) is 0 Å². The Morgan fingerprint density at radius 2 is 1.67 bits per heavy atom. The summed E-state index contributed by atoms with van der Waals surface area (Å²) < 4.78 is 0. The molecule has 1 aromatic heterocycles. The van der Waals surface area contributed by atoms with Crippen molar-refractivity contribution in [2.24, 2.45) is 5.41 Å². The molecule has 2 aliphatic rings. The maximum Gasteiger partial charge on any atom is 0.254 e. The first-order valence-electron chi connectivity index (χ1n) is 8.70. The third kappa shape index (κ3) is 3.06. The molecular formula is C20H23N3O. The van der Waals surface area contributed by atoms with Crippen molar-refractivity contribution in [1.82, 2.24) is 14.8 Å². The van der Waals surface area contributed by atoms with E-state index in [9.17, 15) is 4.79 Å². The van der Waals surface area contributed by atoms with Crippen molar-refractivity contribution in [2.75, 3.05) is 26.2 Å². The first kappa shape index (κ1) is 15.3. The summed E-state index contributed by atoms with van der Waals surface area (Å²) in [6, 6.07) is 14.3.